The van der Waals surface area contributed by atoms with E-state index in [1.807, 2.05) is 0 Å². The summed E-state index contributed by atoms with van der Waals surface area (Å²) in [4.78, 5) is 11.0. The van der Waals surface area contributed by atoms with E-state index in [9.17, 15) is 35.9 Å². The average Bonchev–Trinajstić information content (AvgIpc) is 3.03. The van der Waals surface area contributed by atoms with E-state index < -0.39 is 45.1 Å². The number of carbonyl (C=O) groups excluding carboxylic acids is 1. The van der Waals surface area contributed by atoms with Crippen molar-refractivity contribution in [3.63, 3.8) is 0 Å². The largest absolute Gasteiger partial charge is 0.505 e. The molecule has 0 unspecified atom stereocenters. The Morgan fingerprint density at radius 3 is 2.40 bits per heavy atom. The molecule has 0 bridgehead atoms. The van der Waals surface area contributed by atoms with Gasteiger partial charge in [-0.1, -0.05) is 18.2 Å². The van der Waals surface area contributed by atoms with Crippen LogP contribution in [0.15, 0.2) is 47.4 Å². The van der Waals surface area contributed by atoms with Gasteiger partial charge in [0.1, 0.15) is 0 Å². The summed E-state index contributed by atoms with van der Waals surface area (Å²) < 4.78 is 83.3. The molecule has 1 aromatic heterocycles. The van der Waals surface area contributed by atoms with Gasteiger partial charge in [0, 0.05) is 29.6 Å². The molecule has 3 aromatic rings. The molecule has 0 amide bonds. The molecule has 0 spiro atoms. The average molecular weight is 446 g/mol. The summed E-state index contributed by atoms with van der Waals surface area (Å²) in [6.45, 7) is -0.151. The Morgan fingerprint density at radius 1 is 1.20 bits per heavy atom. The molecule has 2 aromatic carbocycles. The Kier molecular flexibility index (Phi) is 5.48. The second-order valence-electron chi connectivity index (χ2n) is 6.10. The van der Waals surface area contributed by atoms with Gasteiger partial charge in [0.25, 0.3) is 10.0 Å². The Balaban J connectivity index is 2.38. The van der Waals surface area contributed by atoms with Gasteiger partial charge in [-0.15, -0.1) is 0 Å². The summed E-state index contributed by atoms with van der Waals surface area (Å²) in [5.41, 5.74) is -0.539. The van der Waals surface area contributed by atoms with Crippen LogP contribution in [0.4, 0.5) is 17.6 Å². The van der Waals surface area contributed by atoms with Crippen LogP contribution in [-0.4, -0.2) is 36.7 Å². The van der Waals surface area contributed by atoms with Crippen molar-refractivity contribution in [2.75, 3.05) is 7.05 Å². The fourth-order valence-corrected chi connectivity index (χ4v) is 4.30. The van der Waals surface area contributed by atoms with Crippen LogP contribution in [0.25, 0.3) is 10.9 Å². The first kappa shape index (κ1) is 21.6. The number of fused-ring (bicyclic) bond motifs is 1. The smallest absolute Gasteiger partial charge is 0.491 e. The number of benzene rings is 2. The molecule has 3 rings (SSSR count). The summed E-state index contributed by atoms with van der Waals surface area (Å²) in [6, 6.07) is 8.06. The van der Waals surface area contributed by atoms with Crippen LogP contribution in [0.5, 0.6) is 11.6 Å². The van der Waals surface area contributed by atoms with E-state index in [0.717, 1.165) is 6.07 Å². The number of aromatic nitrogens is 1. The highest BCUT2D eigenvalue weighted by molar-refractivity contribution is 7.90. The number of hydrogen-bond acceptors (Lipinski definition) is 6. The van der Waals surface area contributed by atoms with Crippen molar-refractivity contribution in [2.45, 2.75) is 17.6 Å². The van der Waals surface area contributed by atoms with Gasteiger partial charge in [-0.05, 0) is 19.2 Å². The summed E-state index contributed by atoms with van der Waals surface area (Å²) in [5.74, 6) is -5.68. The molecule has 2 N–H and O–H groups in total. The standard InChI is InChI=1S/C18H14F4N2O5S/c1-23-9-12-11-7-15(29-17(26)18(20,21)22)24(14(11)8-13(19)16(12)25)30(27,28)10-5-3-2-4-6-10/h2-8,23,25H,9H2,1H3. The van der Waals surface area contributed by atoms with Crippen molar-refractivity contribution in [1.29, 1.82) is 0 Å². The summed E-state index contributed by atoms with van der Waals surface area (Å²) in [7, 11) is -3.15. The van der Waals surface area contributed by atoms with Gasteiger partial charge in [-0.3, -0.25) is 0 Å². The van der Waals surface area contributed by atoms with Crippen LogP contribution < -0.4 is 10.1 Å². The lowest BCUT2D eigenvalue weighted by molar-refractivity contribution is -0.190. The number of phenolic OH excluding ortho intramolecular Hbond substituents is 1. The number of aromatic hydroxyl groups is 1. The third kappa shape index (κ3) is 3.71. The van der Waals surface area contributed by atoms with Crippen LogP contribution in [0, 0.1) is 5.82 Å². The van der Waals surface area contributed by atoms with E-state index in [4.69, 9.17) is 0 Å². The quantitative estimate of drug-likeness (QED) is 0.462. The SMILES string of the molecule is CNCc1c(O)c(F)cc2c1cc(OC(=O)C(F)(F)F)n2S(=O)(=O)c1ccccc1. The number of hydrogen-bond donors (Lipinski definition) is 2. The van der Waals surface area contributed by atoms with Gasteiger partial charge in [0.15, 0.2) is 11.6 Å². The molecule has 160 valence electrons. The molecule has 30 heavy (non-hydrogen) atoms. The lowest BCUT2D eigenvalue weighted by Gasteiger charge is -2.13. The van der Waals surface area contributed by atoms with Crippen LogP contribution >= 0.6 is 0 Å². The molecule has 0 aliphatic heterocycles. The van der Waals surface area contributed by atoms with Crippen molar-refractivity contribution in [2.24, 2.45) is 0 Å². The number of phenols is 1. The number of nitrogens with zero attached hydrogens (tertiary/aromatic N) is 1. The maximum Gasteiger partial charge on any atom is 0.491 e. The lowest BCUT2D eigenvalue weighted by Crippen LogP contribution is -2.29. The zero-order chi connectivity index (χ0) is 22.3. The van der Waals surface area contributed by atoms with Gasteiger partial charge in [0.05, 0.1) is 10.4 Å². The maximum absolute atomic E-state index is 14.3. The number of rotatable bonds is 5. The van der Waals surface area contributed by atoms with Gasteiger partial charge in [0.2, 0.25) is 5.88 Å². The molecule has 0 atom stereocenters. The Morgan fingerprint density at radius 2 is 1.83 bits per heavy atom. The van der Waals surface area contributed by atoms with Crippen molar-refractivity contribution in [3.05, 3.63) is 53.8 Å². The van der Waals surface area contributed by atoms with Gasteiger partial charge >= 0.3 is 12.1 Å². The first-order valence-electron chi connectivity index (χ1n) is 8.28. The van der Waals surface area contributed by atoms with Crippen molar-refractivity contribution < 1.29 is 40.6 Å². The molecule has 0 saturated heterocycles. The molecule has 0 aliphatic rings. The lowest BCUT2D eigenvalue weighted by atomic mass is 10.1. The molecule has 0 saturated carbocycles. The maximum atomic E-state index is 14.3. The third-order valence-electron chi connectivity index (χ3n) is 4.13. The normalized spacial score (nSPS) is 12.3. The van der Waals surface area contributed by atoms with Gasteiger partial charge in [-0.25, -0.2) is 21.6 Å². The van der Waals surface area contributed by atoms with Crippen molar-refractivity contribution >= 4 is 26.9 Å². The van der Waals surface area contributed by atoms with E-state index in [1.165, 1.54) is 37.4 Å². The molecular formula is C18H14F4N2O5S. The second kappa shape index (κ2) is 7.61. The highest BCUT2D eigenvalue weighted by atomic mass is 32.2. The summed E-state index contributed by atoms with van der Waals surface area (Å²) in [6.07, 6.45) is -5.40. The highest BCUT2D eigenvalue weighted by Gasteiger charge is 2.42. The zero-order valence-electron chi connectivity index (χ0n) is 15.2. The fourth-order valence-electron chi connectivity index (χ4n) is 2.85. The minimum Gasteiger partial charge on any atom is -0.505 e. The molecule has 1 heterocycles. The Hall–Kier alpha value is -3.12. The summed E-state index contributed by atoms with van der Waals surface area (Å²) in [5, 5.41) is 12.5. The van der Waals surface area contributed by atoms with Crippen LogP contribution in [-0.2, 0) is 21.4 Å². The predicted octanol–water partition coefficient (Wildman–Crippen LogP) is 2.91. The number of alkyl halides is 3. The van der Waals surface area contributed by atoms with Crippen molar-refractivity contribution in [1.82, 2.24) is 9.29 Å². The molecule has 12 heteroatoms. The highest BCUT2D eigenvalue weighted by Crippen LogP contribution is 2.38. The minimum absolute atomic E-state index is 0.118. The van der Waals surface area contributed by atoms with Crippen LogP contribution in [0.2, 0.25) is 0 Å². The number of nitrogens with one attached hydrogen (secondary N) is 1. The Bertz CT molecular complexity index is 1220. The summed E-state index contributed by atoms with van der Waals surface area (Å²) >= 11 is 0. The van der Waals surface area contributed by atoms with Crippen molar-refractivity contribution in [3.8, 4) is 11.6 Å². The van der Waals surface area contributed by atoms with E-state index in [1.54, 1.807) is 0 Å². The molecule has 0 aliphatic carbocycles. The molecule has 0 fully saturated rings. The van der Waals surface area contributed by atoms with Gasteiger partial charge in [-0.2, -0.15) is 13.2 Å². The number of halogens is 4. The zero-order valence-corrected chi connectivity index (χ0v) is 16.0. The number of carbonyl (C=O) groups is 1. The van der Waals surface area contributed by atoms with E-state index in [0.29, 0.717) is 10.0 Å². The topological polar surface area (TPSA) is 97.6 Å². The van der Waals surface area contributed by atoms with Crippen LogP contribution in [0.1, 0.15) is 5.56 Å². The number of esters is 1. The number of ether oxygens (including phenoxy) is 1. The third-order valence-corrected chi connectivity index (χ3v) is 5.85. The molecule has 7 nitrogen and oxygen atoms in total. The first-order chi connectivity index (χ1) is 14.0. The molecular weight excluding hydrogens is 432 g/mol. The van der Waals surface area contributed by atoms with Gasteiger partial charge < -0.3 is 15.2 Å². The van der Waals surface area contributed by atoms with E-state index in [2.05, 4.69) is 10.1 Å². The van der Waals surface area contributed by atoms with E-state index >= 15 is 0 Å². The van der Waals surface area contributed by atoms with E-state index in [-0.39, 0.29) is 22.4 Å². The monoisotopic (exact) mass is 446 g/mol. The van der Waals surface area contributed by atoms with Crippen LogP contribution in [0.3, 0.4) is 0 Å². The Labute approximate surface area is 167 Å². The second-order valence-corrected chi connectivity index (χ2v) is 7.89. The first-order valence-corrected chi connectivity index (χ1v) is 9.72. The molecule has 0 radical (unpaired) electrons. The fraction of sp³-hybridized carbons (Fsp3) is 0.167. The minimum atomic E-state index is -5.40. The predicted molar refractivity (Wildman–Crippen MR) is 97.0 cm³/mol.